The van der Waals surface area contributed by atoms with Crippen LogP contribution in [0.2, 0.25) is 0 Å². The Morgan fingerprint density at radius 2 is 1.55 bits per heavy atom. The highest BCUT2D eigenvalue weighted by molar-refractivity contribution is 6.42. The second kappa shape index (κ2) is 11.2. The normalized spacial score (nSPS) is 14.9. The molecule has 0 fully saturated rings. The Morgan fingerprint density at radius 1 is 0.955 bits per heavy atom. The lowest BCUT2D eigenvalue weighted by Crippen LogP contribution is -2.27. The van der Waals surface area contributed by atoms with Crippen molar-refractivity contribution in [2.75, 3.05) is 0 Å². The quantitative estimate of drug-likeness (QED) is 0.466. The van der Waals surface area contributed by atoms with E-state index in [1.165, 1.54) is 51.0 Å². The van der Waals surface area contributed by atoms with E-state index in [1.54, 1.807) is 0 Å². The Kier molecular flexibility index (Phi) is 9.44. The average molecular weight is 307 g/mol. The zero-order valence-electron chi connectivity index (χ0n) is 13.8. The third-order valence-electron chi connectivity index (χ3n) is 4.01. The number of carbonyl (C=O) groups excluding carboxylic acids is 3. The first-order valence-electron chi connectivity index (χ1n) is 8.71. The molecule has 4 heteroatoms. The van der Waals surface area contributed by atoms with Crippen LogP contribution in [0.5, 0.6) is 0 Å². The first-order valence-corrected chi connectivity index (χ1v) is 8.71. The van der Waals surface area contributed by atoms with Crippen LogP contribution in [-0.2, 0) is 14.4 Å². The van der Waals surface area contributed by atoms with Crippen molar-refractivity contribution in [3.63, 3.8) is 0 Å². The molecule has 0 heterocycles. The SMILES string of the molecule is CCCCCCCCCCCC(=O)NC1=CC(=O)C(=O)CC1. The minimum Gasteiger partial charge on any atom is -0.330 e. The fourth-order valence-electron chi connectivity index (χ4n) is 2.62. The van der Waals surface area contributed by atoms with Crippen LogP contribution in [0.1, 0.15) is 84.0 Å². The van der Waals surface area contributed by atoms with Crippen molar-refractivity contribution in [3.8, 4) is 0 Å². The summed E-state index contributed by atoms with van der Waals surface area (Å²) in [7, 11) is 0. The van der Waals surface area contributed by atoms with Crippen molar-refractivity contribution in [2.45, 2.75) is 84.0 Å². The van der Waals surface area contributed by atoms with Gasteiger partial charge in [0, 0.05) is 24.6 Å². The molecule has 0 aromatic rings. The van der Waals surface area contributed by atoms with Gasteiger partial charge in [0.2, 0.25) is 17.5 Å². The summed E-state index contributed by atoms with van der Waals surface area (Å²) in [6.07, 6.45) is 13.4. The van der Waals surface area contributed by atoms with Crippen LogP contribution < -0.4 is 5.32 Å². The Balaban J connectivity index is 2.01. The molecule has 0 saturated heterocycles. The van der Waals surface area contributed by atoms with Crippen molar-refractivity contribution < 1.29 is 14.4 Å². The van der Waals surface area contributed by atoms with Crippen LogP contribution >= 0.6 is 0 Å². The van der Waals surface area contributed by atoms with Gasteiger partial charge < -0.3 is 5.32 Å². The maximum atomic E-state index is 11.8. The highest BCUT2D eigenvalue weighted by Crippen LogP contribution is 2.12. The summed E-state index contributed by atoms with van der Waals surface area (Å²) < 4.78 is 0. The first kappa shape index (κ1) is 18.6. The molecule has 0 aromatic carbocycles. The number of ketones is 2. The van der Waals surface area contributed by atoms with Gasteiger partial charge in [-0.2, -0.15) is 0 Å². The minimum absolute atomic E-state index is 0.0451. The van der Waals surface area contributed by atoms with Gasteiger partial charge in [-0.3, -0.25) is 14.4 Å². The van der Waals surface area contributed by atoms with E-state index in [-0.39, 0.29) is 18.1 Å². The van der Waals surface area contributed by atoms with Gasteiger partial charge in [-0.1, -0.05) is 58.3 Å². The monoisotopic (exact) mass is 307 g/mol. The highest BCUT2D eigenvalue weighted by atomic mass is 16.2. The van der Waals surface area contributed by atoms with E-state index < -0.39 is 5.78 Å². The van der Waals surface area contributed by atoms with Crippen LogP contribution in [0.3, 0.4) is 0 Å². The number of amides is 1. The maximum absolute atomic E-state index is 11.8. The molecule has 0 unspecified atom stereocenters. The number of hydrogen-bond acceptors (Lipinski definition) is 3. The molecule has 0 saturated carbocycles. The van der Waals surface area contributed by atoms with Crippen molar-refractivity contribution in [1.82, 2.24) is 5.32 Å². The molecular formula is C18H29NO3. The Labute approximate surface area is 133 Å². The number of carbonyl (C=O) groups is 3. The van der Waals surface area contributed by atoms with Crippen molar-refractivity contribution in [3.05, 3.63) is 11.8 Å². The molecule has 1 aliphatic rings. The molecule has 0 bridgehead atoms. The summed E-state index contributed by atoms with van der Waals surface area (Å²) in [5.74, 6) is -0.905. The van der Waals surface area contributed by atoms with Crippen LogP contribution in [0.15, 0.2) is 11.8 Å². The maximum Gasteiger partial charge on any atom is 0.224 e. The van der Waals surface area contributed by atoms with Gasteiger partial charge in [0.25, 0.3) is 0 Å². The number of rotatable bonds is 11. The van der Waals surface area contributed by atoms with Crippen LogP contribution in [0, 0.1) is 0 Å². The Morgan fingerprint density at radius 3 is 2.14 bits per heavy atom. The molecule has 0 aliphatic heterocycles. The van der Waals surface area contributed by atoms with Crippen molar-refractivity contribution in [2.24, 2.45) is 0 Å². The molecule has 124 valence electrons. The molecule has 0 aromatic heterocycles. The van der Waals surface area contributed by atoms with Crippen LogP contribution in [-0.4, -0.2) is 17.5 Å². The molecule has 1 aliphatic carbocycles. The third kappa shape index (κ3) is 8.11. The van der Waals surface area contributed by atoms with E-state index in [4.69, 9.17) is 0 Å². The fraction of sp³-hybridized carbons (Fsp3) is 0.722. The second-order valence-electron chi connectivity index (χ2n) is 6.08. The van der Waals surface area contributed by atoms with Gasteiger partial charge in [-0.25, -0.2) is 0 Å². The molecule has 22 heavy (non-hydrogen) atoms. The lowest BCUT2D eigenvalue weighted by Gasteiger charge is -2.12. The summed E-state index contributed by atoms with van der Waals surface area (Å²) in [6.45, 7) is 2.22. The number of allylic oxidation sites excluding steroid dienone is 2. The first-order chi connectivity index (χ1) is 10.6. The van der Waals surface area contributed by atoms with Crippen molar-refractivity contribution in [1.29, 1.82) is 0 Å². The lowest BCUT2D eigenvalue weighted by atomic mass is 10.0. The molecule has 0 atom stereocenters. The highest BCUT2D eigenvalue weighted by Gasteiger charge is 2.19. The zero-order valence-corrected chi connectivity index (χ0v) is 13.8. The van der Waals surface area contributed by atoms with Gasteiger partial charge in [-0.15, -0.1) is 0 Å². The lowest BCUT2D eigenvalue weighted by molar-refractivity contribution is -0.134. The Bertz CT molecular complexity index is 413. The molecule has 1 rings (SSSR count). The van der Waals surface area contributed by atoms with Crippen LogP contribution in [0.25, 0.3) is 0 Å². The fourth-order valence-corrected chi connectivity index (χ4v) is 2.62. The van der Waals surface area contributed by atoms with Crippen LogP contribution in [0.4, 0.5) is 0 Å². The summed E-state index contributed by atoms with van der Waals surface area (Å²) in [5, 5.41) is 2.74. The second-order valence-corrected chi connectivity index (χ2v) is 6.08. The predicted octanol–water partition coefficient (Wildman–Crippen LogP) is 3.84. The molecule has 1 amide bonds. The van der Waals surface area contributed by atoms with Gasteiger partial charge in [0.05, 0.1) is 0 Å². The number of nitrogens with one attached hydrogen (secondary N) is 1. The standard InChI is InChI=1S/C18H29NO3/c1-2-3-4-5-6-7-8-9-10-11-18(22)19-15-12-13-16(20)17(21)14-15/h14H,2-13H2,1H3,(H,19,22). The van der Waals surface area contributed by atoms with E-state index in [9.17, 15) is 14.4 Å². The number of Topliss-reactive ketones (excluding diaryl/α,β-unsaturated/α-hetero) is 1. The molecule has 1 N–H and O–H groups in total. The molecular weight excluding hydrogens is 278 g/mol. The van der Waals surface area contributed by atoms with E-state index >= 15 is 0 Å². The summed E-state index contributed by atoms with van der Waals surface area (Å²) in [5.41, 5.74) is 0.588. The van der Waals surface area contributed by atoms with E-state index in [0.717, 1.165) is 12.8 Å². The van der Waals surface area contributed by atoms with Gasteiger partial charge in [0.15, 0.2) is 0 Å². The summed E-state index contributed by atoms with van der Waals surface area (Å²) in [6, 6.07) is 0. The van der Waals surface area contributed by atoms with E-state index in [1.807, 2.05) is 0 Å². The smallest absolute Gasteiger partial charge is 0.224 e. The average Bonchev–Trinajstić information content (AvgIpc) is 2.49. The molecule has 0 spiro atoms. The number of unbranched alkanes of at least 4 members (excludes halogenated alkanes) is 8. The Hall–Kier alpha value is -1.45. The van der Waals surface area contributed by atoms with Crippen molar-refractivity contribution >= 4 is 17.5 Å². The summed E-state index contributed by atoms with van der Waals surface area (Å²) in [4.78, 5) is 34.1. The topological polar surface area (TPSA) is 63.2 Å². The molecule has 0 radical (unpaired) electrons. The van der Waals surface area contributed by atoms with E-state index in [2.05, 4.69) is 12.2 Å². The van der Waals surface area contributed by atoms with Gasteiger partial charge in [-0.05, 0) is 12.8 Å². The third-order valence-corrected chi connectivity index (χ3v) is 4.01. The van der Waals surface area contributed by atoms with Gasteiger partial charge >= 0.3 is 0 Å². The predicted molar refractivity (Wildman–Crippen MR) is 87.3 cm³/mol. The largest absolute Gasteiger partial charge is 0.330 e. The molecule has 4 nitrogen and oxygen atoms in total. The van der Waals surface area contributed by atoms with Gasteiger partial charge in [0.1, 0.15) is 0 Å². The van der Waals surface area contributed by atoms with E-state index in [0.29, 0.717) is 18.5 Å². The minimum atomic E-state index is -0.496. The number of hydrogen-bond donors (Lipinski definition) is 1. The summed E-state index contributed by atoms with van der Waals surface area (Å²) >= 11 is 0. The zero-order chi connectivity index (χ0) is 16.2.